The van der Waals surface area contributed by atoms with Crippen molar-refractivity contribution in [3.63, 3.8) is 0 Å². The molecule has 2 nitrogen and oxygen atoms in total. The number of hydrogen-bond donors (Lipinski definition) is 0. The number of rotatable bonds is 5. The Balaban J connectivity index is 1.53. The van der Waals surface area contributed by atoms with Crippen LogP contribution in [0.1, 0.15) is 31.8 Å². The van der Waals surface area contributed by atoms with Crippen LogP contribution in [-0.2, 0) is 0 Å². The van der Waals surface area contributed by atoms with Crippen molar-refractivity contribution in [2.75, 3.05) is 0 Å². The van der Waals surface area contributed by atoms with E-state index in [-0.39, 0.29) is 11.6 Å². The number of carbonyl (C=O) groups excluding carboxylic acids is 2. The van der Waals surface area contributed by atoms with Gasteiger partial charge in [0.15, 0.2) is 11.6 Å². The summed E-state index contributed by atoms with van der Waals surface area (Å²) in [4.78, 5) is 25.0. The molecular formula is C26H18O2. The molecule has 0 aliphatic rings. The molecule has 4 rings (SSSR count). The molecule has 0 atom stereocenters. The van der Waals surface area contributed by atoms with Crippen LogP contribution in [0.3, 0.4) is 0 Å². The second kappa shape index (κ2) is 7.85. The van der Waals surface area contributed by atoms with Crippen molar-refractivity contribution in [3.05, 3.63) is 131 Å². The number of carbonyl (C=O) groups is 2. The third-order valence-corrected chi connectivity index (χ3v) is 4.70. The Kier molecular flexibility index (Phi) is 4.94. The highest BCUT2D eigenvalue weighted by Crippen LogP contribution is 2.22. The van der Waals surface area contributed by atoms with Crippen molar-refractivity contribution < 1.29 is 9.59 Å². The van der Waals surface area contributed by atoms with E-state index in [0.717, 1.165) is 11.1 Å². The molecule has 0 spiro atoms. The molecule has 4 aromatic rings. The lowest BCUT2D eigenvalue weighted by atomic mass is 9.97. The maximum atomic E-state index is 12.5. The zero-order chi connectivity index (χ0) is 19.3. The zero-order valence-electron chi connectivity index (χ0n) is 15.2. The fourth-order valence-electron chi connectivity index (χ4n) is 3.14. The average molecular weight is 362 g/mol. The van der Waals surface area contributed by atoms with Crippen LogP contribution in [0.25, 0.3) is 11.1 Å². The Morgan fingerprint density at radius 2 is 0.643 bits per heavy atom. The first-order chi connectivity index (χ1) is 13.7. The minimum absolute atomic E-state index is 0.0101. The van der Waals surface area contributed by atoms with Crippen molar-refractivity contribution in [1.82, 2.24) is 0 Å². The van der Waals surface area contributed by atoms with Gasteiger partial charge in [-0.2, -0.15) is 0 Å². The lowest BCUT2D eigenvalue weighted by molar-refractivity contribution is 0.103. The summed E-state index contributed by atoms with van der Waals surface area (Å²) < 4.78 is 0. The van der Waals surface area contributed by atoms with E-state index in [1.165, 1.54) is 0 Å². The molecule has 0 amide bonds. The Labute approximate surface area is 164 Å². The van der Waals surface area contributed by atoms with Gasteiger partial charge in [-0.05, 0) is 11.1 Å². The lowest BCUT2D eigenvalue weighted by Gasteiger charge is -2.06. The fourth-order valence-corrected chi connectivity index (χ4v) is 3.14. The van der Waals surface area contributed by atoms with Gasteiger partial charge in [0.05, 0.1) is 0 Å². The van der Waals surface area contributed by atoms with Crippen LogP contribution in [0.2, 0.25) is 0 Å². The standard InChI is InChI=1S/C26H18O2/c27-25(21-7-3-1-4-8-21)23-15-11-19(12-16-23)20-13-17-24(18-14-20)26(28)22-9-5-2-6-10-22/h1-18H. The minimum atomic E-state index is 0.0101. The van der Waals surface area contributed by atoms with Crippen LogP contribution in [0, 0.1) is 0 Å². The van der Waals surface area contributed by atoms with Crippen LogP contribution in [0.4, 0.5) is 0 Å². The molecule has 0 saturated carbocycles. The van der Waals surface area contributed by atoms with Gasteiger partial charge < -0.3 is 0 Å². The summed E-state index contributed by atoms with van der Waals surface area (Å²) in [6.45, 7) is 0. The Morgan fingerprint density at radius 3 is 0.964 bits per heavy atom. The first-order valence-corrected chi connectivity index (χ1v) is 9.12. The van der Waals surface area contributed by atoms with Crippen molar-refractivity contribution in [2.45, 2.75) is 0 Å². The highest BCUT2D eigenvalue weighted by Gasteiger charge is 2.10. The predicted octanol–water partition coefficient (Wildman–Crippen LogP) is 5.82. The number of benzene rings is 4. The summed E-state index contributed by atoms with van der Waals surface area (Å²) in [6.07, 6.45) is 0. The zero-order valence-corrected chi connectivity index (χ0v) is 15.2. The van der Waals surface area contributed by atoms with E-state index in [0.29, 0.717) is 22.3 Å². The third kappa shape index (κ3) is 3.67. The van der Waals surface area contributed by atoms with Gasteiger partial charge in [-0.3, -0.25) is 9.59 Å². The summed E-state index contributed by atoms with van der Waals surface area (Å²) in [7, 11) is 0. The van der Waals surface area contributed by atoms with E-state index in [4.69, 9.17) is 0 Å². The van der Waals surface area contributed by atoms with Crippen molar-refractivity contribution >= 4 is 11.6 Å². The van der Waals surface area contributed by atoms with Crippen molar-refractivity contribution in [1.29, 1.82) is 0 Å². The smallest absolute Gasteiger partial charge is 0.193 e. The minimum Gasteiger partial charge on any atom is -0.289 e. The maximum absolute atomic E-state index is 12.5. The quantitative estimate of drug-likeness (QED) is 0.420. The summed E-state index contributed by atoms with van der Waals surface area (Å²) in [5, 5.41) is 0. The second-order valence-electron chi connectivity index (χ2n) is 6.54. The van der Waals surface area contributed by atoms with E-state index in [2.05, 4.69) is 0 Å². The molecule has 134 valence electrons. The summed E-state index contributed by atoms with van der Waals surface area (Å²) >= 11 is 0. The lowest BCUT2D eigenvalue weighted by Crippen LogP contribution is -2.01. The fraction of sp³-hybridized carbons (Fsp3) is 0. The molecule has 0 aliphatic heterocycles. The molecule has 0 fully saturated rings. The molecule has 0 unspecified atom stereocenters. The van der Waals surface area contributed by atoms with E-state index in [1.54, 1.807) is 0 Å². The highest BCUT2D eigenvalue weighted by atomic mass is 16.1. The molecule has 0 radical (unpaired) electrons. The van der Waals surface area contributed by atoms with Crippen molar-refractivity contribution in [2.24, 2.45) is 0 Å². The van der Waals surface area contributed by atoms with Gasteiger partial charge in [-0.1, -0.05) is 109 Å². The molecule has 0 aliphatic carbocycles. The molecule has 2 heteroatoms. The van der Waals surface area contributed by atoms with Gasteiger partial charge in [0, 0.05) is 22.3 Å². The molecule has 0 heterocycles. The Bertz CT molecular complexity index is 1000. The SMILES string of the molecule is O=C(c1ccccc1)c1ccc(-c2ccc(C(=O)c3ccccc3)cc2)cc1. The van der Waals surface area contributed by atoms with Crippen molar-refractivity contribution in [3.8, 4) is 11.1 Å². The first-order valence-electron chi connectivity index (χ1n) is 9.12. The highest BCUT2D eigenvalue weighted by molar-refractivity contribution is 6.09. The van der Waals surface area contributed by atoms with E-state index in [9.17, 15) is 9.59 Å². The molecule has 4 aromatic carbocycles. The van der Waals surface area contributed by atoms with E-state index < -0.39 is 0 Å². The predicted molar refractivity (Wildman–Crippen MR) is 112 cm³/mol. The van der Waals surface area contributed by atoms with Gasteiger partial charge >= 0.3 is 0 Å². The van der Waals surface area contributed by atoms with Crippen LogP contribution in [-0.4, -0.2) is 11.6 Å². The average Bonchev–Trinajstić information content (AvgIpc) is 2.79. The molecule has 0 saturated heterocycles. The van der Waals surface area contributed by atoms with Crippen LogP contribution < -0.4 is 0 Å². The topological polar surface area (TPSA) is 34.1 Å². The monoisotopic (exact) mass is 362 g/mol. The van der Waals surface area contributed by atoms with Gasteiger partial charge in [0.25, 0.3) is 0 Å². The molecule has 0 N–H and O–H groups in total. The first kappa shape index (κ1) is 17.6. The van der Waals surface area contributed by atoms with Crippen LogP contribution in [0.5, 0.6) is 0 Å². The van der Waals surface area contributed by atoms with Crippen LogP contribution >= 0.6 is 0 Å². The molecule has 0 bridgehead atoms. The van der Waals surface area contributed by atoms with Crippen LogP contribution in [0.15, 0.2) is 109 Å². The summed E-state index contributed by atoms with van der Waals surface area (Å²) in [5.74, 6) is 0.0203. The number of ketones is 2. The van der Waals surface area contributed by atoms with Gasteiger partial charge in [-0.15, -0.1) is 0 Å². The van der Waals surface area contributed by atoms with Gasteiger partial charge in [0.1, 0.15) is 0 Å². The second-order valence-corrected chi connectivity index (χ2v) is 6.54. The summed E-state index contributed by atoms with van der Waals surface area (Å²) in [6, 6.07) is 33.6. The molecular weight excluding hydrogens is 344 g/mol. The Hall–Kier alpha value is -3.78. The Morgan fingerprint density at radius 1 is 0.357 bits per heavy atom. The van der Waals surface area contributed by atoms with E-state index in [1.807, 2.05) is 109 Å². The summed E-state index contributed by atoms with van der Waals surface area (Å²) in [5.41, 5.74) is 4.68. The maximum Gasteiger partial charge on any atom is 0.193 e. The molecule has 28 heavy (non-hydrogen) atoms. The normalized spacial score (nSPS) is 10.4. The van der Waals surface area contributed by atoms with Gasteiger partial charge in [-0.25, -0.2) is 0 Å². The van der Waals surface area contributed by atoms with E-state index >= 15 is 0 Å². The third-order valence-electron chi connectivity index (χ3n) is 4.70. The molecule has 0 aromatic heterocycles. The largest absolute Gasteiger partial charge is 0.289 e. The number of hydrogen-bond acceptors (Lipinski definition) is 2. The van der Waals surface area contributed by atoms with Gasteiger partial charge in [0.2, 0.25) is 0 Å².